The smallest absolute Gasteiger partial charge is 0.199 e. The van der Waals surface area contributed by atoms with Crippen LogP contribution in [0.1, 0.15) is 10.4 Å². The predicted octanol–water partition coefficient (Wildman–Crippen LogP) is 0.761. The number of hydrogen-bond acceptors (Lipinski definition) is 5. The maximum absolute atomic E-state index is 14.4. The third-order valence-corrected chi connectivity index (χ3v) is 5.19. The standard InChI is InChI=1S/C14H12F4N4O/c15-8-7-12(11(18)10(17)9(8)16)22-6-21-4-19-1-14(22,13(7)23)2-20(3-19)5-21/h1-6H2. The minimum absolute atomic E-state index is 0.174. The van der Waals surface area contributed by atoms with E-state index < -0.39 is 45.8 Å². The van der Waals surface area contributed by atoms with Crippen molar-refractivity contribution in [1.29, 1.82) is 0 Å². The molecule has 23 heavy (non-hydrogen) atoms. The van der Waals surface area contributed by atoms with Crippen LogP contribution in [0.3, 0.4) is 0 Å². The van der Waals surface area contributed by atoms with Gasteiger partial charge in [-0.2, -0.15) is 0 Å². The summed E-state index contributed by atoms with van der Waals surface area (Å²) >= 11 is 0. The molecule has 1 aromatic carbocycles. The lowest BCUT2D eigenvalue weighted by atomic mass is 9.89. The molecule has 0 radical (unpaired) electrons. The number of halogens is 4. The number of anilines is 1. The zero-order valence-electron chi connectivity index (χ0n) is 12.0. The van der Waals surface area contributed by atoms with Gasteiger partial charge in [-0.3, -0.25) is 19.5 Å². The van der Waals surface area contributed by atoms with E-state index in [1.54, 1.807) is 0 Å². The average Bonchev–Trinajstić information content (AvgIpc) is 2.61. The molecule has 4 saturated heterocycles. The summed E-state index contributed by atoms with van der Waals surface area (Å²) < 4.78 is 55.8. The Morgan fingerprint density at radius 1 is 0.739 bits per heavy atom. The average molecular weight is 328 g/mol. The van der Waals surface area contributed by atoms with Gasteiger partial charge in [0.05, 0.1) is 37.9 Å². The van der Waals surface area contributed by atoms with Gasteiger partial charge in [0.2, 0.25) is 0 Å². The van der Waals surface area contributed by atoms with Crippen LogP contribution in [0.4, 0.5) is 23.2 Å². The molecule has 0 saturated carbocycles. The monoisotopic (exact) mass is 328 g/mol. The Labute approximate surface area is 128 Å². The summed E-state index contributed by atoms with van der Waals surface area (Å²) in [5, 5.41) is 0. The summed E-state index contributed by atoms with van der Waals surface area (Å²) in [6, 6.07) is 0. The van der Waals surface area contributed by atoms with E-state index in [9.17, 15) is 22.4 Å². The molecule has 5 aliphatic rings. The largest absolute Gasteiger partial charge is 0.340 e. The second-order valence-electron chi connectivity index (χ2n) is 6.66. The fourth-order valence-corrected chi connectivity index (χ4v) is 4.43. The molecule has 1 spiro atoms. The topological polar surface area (TPSA) is 30.0 Å². The molecule has 122 valence electrons. The molecule has 5 aliphatic heterocycles. The van der Waals surface area contributed by atoms with E-state index in [4.69, 9.17) is 0 Å². The Kier molecular flexibility index (Phi) is 2.40. The third kappa shape index (κ3) is 1.46. The Hall–Kier alpha value is -1.71. The van der Waals surface area contributed by atoms with Crippen LogP contribution >= 0.6 is 0 Å². The number of nitrogens with zero attached hydrogens (tertiary/aromatic N) is 4. The number of hydrogen-bond donors (Lipinski definition) is 0. The van der Waals surface area contributed by atoms with Crippen molar-refractivity contribution in [2.75, 3.05) is 44.7 Å². The molecule has 5 heterocycles. The number of ketones is 1. The highest BCUT2D eigenvalue weighted by Gasteiger charge is 2.61. The lowest BCUT2D eigenvalue weighted by Gasteiger charge is -2.48. The second-order valence-corrected chi connectivity index (χ2v) is 6.66. The number of rotatable bonds is 0. The van der Waals surface area contributed by atoms with Gasteiger partial charge < -0.3 is 4.90 Å². The summed E-state index contributed by atoms with van der Waals surface area (Å²) in [6.45, 7) is 2.62. The minimum atomic E-state index is -1.93. The van der Waals surface area contributed by atoms with Crippen molar-refractivity contribution in [2.24, 2.45) is 0 Å². The first kappa shape index (κ1) is 13.7. The summed E-state index contributed by atoms with van der Waals surface area (Å²) in [6.07, 6.45) is 0. The molecule has 0 aromatic heterocycles. The van der Waals surface area contributed by atoms with Crippen molar-refractivity contribution < 1.29 is 22.4 Å². The van der Waals surface area contributed by atoms with Gasteiger partial charge in [-0.1, -0.05) is 0 Å². The van der Waals surface area contributed by atoms with Gasteiger partial charge in [-0.25, -0.2) is 17.6 Å². The molecule has 0 aliphatic carbocycles. The normalized spacial score (nSPS) is 37.1. The maximum atomic E-state index is 14.4. The van der Waals surface area contributed by atoms with Gasteiger partial charge in [0.25, 0.3) is 0 Å². The molecular formula is C14H12F4N4O. The zero-order chi connectivity index (χ0) is 16.1. The van der Waals surface area contributed by atoms with Crippen LogP contribution in [0.2, 0.25) is 0 Å². The minimum Gasteiger partial charge on any atom is -0.340 e. The van der Waals surface area contributed by atoms with Crippen LogP contribution in [-0.4, -0.2) is 65.8 Å². The predicted molar refractivity (Wildman–Crippen MR) is 70.5 cm³/mol. The fourth-order valence-electron chi connectivity index (χ4n) is 4.43. The molecule has 2 atom stereocenters. The van der Waals surface area contributed by atoms with Crippen LogP contribution in [-0.2, 0) is 0 Å². The highest BCUT2D eigenvalue weighted by Crippen LogP contribution is 2.47. The van der Waals surface area contributed by atoms with Crippen LogP contribution in [0.25, 0.3) is 0 Å². The summed E-state index contributed by atoms with van der Waals surface area (Å²) in [7, 11) is 0. The highest BCUT2D eigenvalue weighted by atomic mass is 19.2. The van der Waals surface area contributed by atoms with Crippen molar-refractivity contribution in [2.45, 2.75) is 5.54 Å². The van der Waals surface area contributed by atoms with E-state index >= 15 is 0 Å². The first-order valence-corrected chi connectivity index (χ1v) is 7.28. The molecule has 2 unspecified atom stereocenters. The number of carbonyl (C=O) groups excluding carboxylic acids is 1. The molecule has 4 bridgehead atoms. The van der Waals surface area contributed by atoms with Crippen molar-refractivity contribution in [3.8, 4) is 0 Å². The van der Waals surface area contributed by atoms with Crippen LogP contribution < -0.4 is 4.90 Å². The number of carbonyl (C=O) groups is 1. The van der Waals surface area contributed by atoms with E-state index in [0.717, 1.165) is 0 Å². The number of Topliss-reactive ketones (excluding diaryl/α,β-unsaturated/α-hetero) is 1. The van der Waals surface area contributed by atoms with Gasteiger partial charge in [0, 0.05) is 13.1 Å². The highest BCUT2D eigenvalue weighted by molar-refractivity contribution is 6.15. The third-order valence-electron chi connectivity index (χ3n) is 5.19. The van der Waals surface area contributed by atoms with E-state index in [0.29, 0.717) is 20.0 Å². The molecule has 1 aromatic rings. The van der Waals surface area contributed by atoms with Crippen LogP contribution in [0.5, 0.6) is 0 Å². The molecule has 9 heteroatoms. The van der Waals surface area contributed by atoms with Gasteiger partial charge in [-0.15, -0.1) is 0 Å². The maximum Gasteiger partial charge on any atom is 0.199 e. The van der Waals surface area contributed by atoms with Crippen molar-refractivity contribution >= 4 is 11.5 Å². The lowest BCUT2D eigenvalue weighted by Crippen LogP contribution is -2.67. The van der Waals surface area contributed by atoms with Gasteiger partial charge in [-0.05, 0) is 0 Å². The molecule has 5 nitrogen and oxygen atoms in total. The van der Waals surface area contributed by atoms with Gasteiger partial charge >= 0.3 is 0 Å². The summed E-state index contributed by atoms with van der Waals surface area (Å²) in [4.78, 5) is 20.3. The van der Waals surface area contributed by atoms with Crippen LogP contribution in [0.15, 0.2) is 0 Å². The van der Waals surface area contributed by atoms with E-state index in [1.807, 2.05) is 14.7 Å². The fraction of sp³-hybridized carbons (Fsp3) is 0.500. The quantitative estimate of drug-likeness (QED) is 0.399. The van der Waals surface area contributed by atoms with E-state index in [1.165, 1.54) is 4.90 Å². The van der Waals surface area contributed by atoms with Gasteiger partial charge in [0.15, 0.2) is 29.1 Å². The first-order chi connectivity index (χ1) is 10.9. The molecule has 0 amide bonds. The summed E-state index contributed by atoms with van der Waals surface area (Å²) in [5.41, 5.74) is -2.29. The Morgan fingerprint density at radius 3 is 1.96 bits per heavy atom. The second kappa shape index (κ2) is 4.03. The Bertz CT molecular complexity index is 756. The lowest BCUT2D eigenvalue weighted by molar-refractivity contribution is -0.0486. The van der Waals surface area contributed by atoms with Crippen molar-refractivity contribution in [3.05, 3.63) is 28.8 Å². The molecule has 4 fully saturated rings. The molecule has 6 rings (SSSR count). The Balaban J connectivity index is 1.80. The van der Waals surface area contributed by atoms with Gasteiger partial charge in [0.1, 0.15) is 5.54 Å². The first-order valence-electron chi connectivity index (χ1n) is 7.28. The molecule has 0 N–H and O–H groups in total. The molecular weight excluding hydrogens is 316 g/mol. The zero-order valence-corrected chi connectivity index (χ0v) is 12.0. The summed E-state index contributed by atoms with van der Waals surface area (Å²) in [5.74, 6) is -7.55. The van der Waals surface area contributed by atoms with E-state index in [-0.39, 0.29) is 19.8 Å². The SMILES string of the molecule is O=C1c2c(F)c(F)c(F)c(F)c2N2CN3CN4CN(C3)CC12C4. The number of fused-ring (bicyclic) bond motifs is 1. The van der Waals surface area contributed by atoms with Crippen molar-refractivity contribution in [3.63, 3.8) is 0 Å². The van der Waals surface area contributed by atoms with E-state index in [2.05, 4.69) is 0 Å². The Morgan fingerprint density at radius 2 is 1.30 bits per heavy atom. The number of benzene rings is 1. The van der Waals surface area contributed by atoms with Crippen molar-refractivity contribution in [1.82, 2.24) is 14.7 Å². The van der Waals surface area contributed by atoms with Crippen LogP contribution in [0, 0.1) is 23.3 Å².